The zero-order chi connectivity index (χ0) is 12.3. The Kier molecular flexibility index (Phi) is 4.33. The molecular weight excluding hydrogens is 204 g/mol. The minimum Gasteiger partial charge on any atom is -0.480 e. The minimum absolute atomic E-state index is 0.317. The molecule has 0 radical (unpaired) electrons. The minimum atomic E-state index is -1.01. The summed E-state index contributed by atoms with van der Waals surface area (Å²) in [5.74, 6) is -0.251. The maximum absolute atomic E-state index is 11.1. The lowest BCUT2D eigenvalue weighted by Crippen LogP contribution is -2.55. The van der Waals surface area contributed by atoms with Gasteiger partial charge in [0.15, 0.2) is 0 Å². The van der Waals surface area contributed by atoms with Crippen LogP contribution in [0, 0.1) is 5.92 Å². The second-order valence-corrected chi connectivity index (χ2v) is 5.54. The molecule has 0 heterocycles. The van der Waals surface area contributed by atoms with Crippen LogP contribution in [0.4, 0.5) is 0 Å². The summed E-state index contributed by atoms with van der Waals surface area (Å²) >= 11 is 0. The summed E-state index contributed by atoms with van der Waals surface area (Å²) < 4.78 is 0. The summed E-state index contributed by atoms with van der Waals surface area (Å²) in [5, 5.41) is 9.14. The maximum Gasteiger partial charge on any atom is 0.323 e. The Hall–Kier alpha value is -0.610. The second-order valence-electron chi connectivity index (χ2n) is 5.54. The van der Waals surface area contributed by atoms with E-state index in [0.29, 0.717) is 24.8 Å². The van der Waals surface area contributed by atoms with Gasteiger partial charge in [-0.2, -0.15) is 0 Å². The predicted octanol–water partition coefficient (Wildman–Crippen LogP) is 1.30. The van der Waals surface area contributed by atoms with E-state index in [1.54, 1.807) is 0 Å². The third-order valence-corrected chi connectivity index (χ3v) is 3.46. The molecule has 0 amide bonds. The smallest absolute Gasteiger partial charge is 0.323 e. The number of nitrogens with two attached hydrogens (primary N) is 1. The van der Waals surface area contributed by atoms with Gasteiger partial charge < -0.3 is 15.7 Å². The van der Waals surface area contributed by atoms with Gasteiger partial charge in [-0.15, -0.1) is 0 Å². The summed E-state index contributed by atoms with van der Waals surface area (Å²) in [7, 11) is 2.07. The van der Waals surface area contributed by atoms with Crippen LogP contribution in [0.25, 0.3) is 0 Å². The van der Waals surface area contributed by atoms with Crippen LogP contribution < -0.4 is 5.73 Å². The average Bonchev–Trinajstić information content (AvgIpc) is 2.16. The Labute approximate surface area is 97.8 Å². The summed E-state index contributed by atoms with van der Waals surface area (Å²) in [6.07, 6.45) is 3.16. The number of carboxylic acid groups (broad SMARTS) is 1. The number of carbonyl (C=O) groups is 1. The SMILES string of the molecule is CC(C)CN(C)C1CCCC(N)(C(=O)O)C1. The average molecular weight is 228 g/mol. The molecule has 2 unspecified atom stereocenters. The molecule has 1 aliphatic rings. The predicted molar refractivity (Wildman–Crippen MR) is 64.3 cm³/mol. The van der Waals surface area contributed by atoms with Crippen molar-refractivity contribution in [2.75, 3.05) is 13.6 Å². The van der Waals surface area contributed by atoms with Crippen molar-refractivity contribution in [3.05, 3.63) is 0 Å². The van der Waals surface area contributed by atoms with Crippen LogP contribution in [-0.2, 0) is 4.79 Å². The third-order valence-electron chi connectivity index (χ3n) is 3.46. The number of carboxylic acids is 1. The fourth-order valence-electron chi connectivity index (χ4n) is 2.57. The van der Waals surface area contributed by atoms with Crippen LogP contribution in [0.15, 0.2) is 0 Å². The van der Waals surface area contributed by atoms with Crippen LogP contribution in [0.3, 0.4) is 0 Å². The molecule has 94 valence electrons. The van der Waals surface area contributed by atoms with Gasteiger partial charge in [-0.05, 0) is 38.6 Å². The van der Waals surface area contributed by atoms with Crippen molar-refractivity contribution in [3.8, 4) is 0 Å². The van der Waals surface area contributed by atoms with Gasteiger partial charge in [0.1, 0.15) is 5.54 Å². The molecule has 4 nitrogen and oxygen atoms in total. The van der Waals surface area contributed by atoms with Gasteiger partial charge in [0.05, 0.1) is 0 Å². The van der Waals surface area contributed by atoms with Crippen molar-refractivity contribution in [1.29, 1.82) is 0 Å². The molecule has 0 aliphatic heterocycles. The van der Waals surface area contributed by atoms with Crippen molar-refractivity contribution < 1.29 is 9.90 Å². The van der Waals surface area contributed by atoms with Crippen molar-refractivity contribution in [3.63, 3.8) is 0 Å². The van der Waals surface area contributed by atoms with E-state index in [1.165, 1.54) is 0 Å². The monoisotopic (exact) mass is 228 g/mol. The quantitative estimate of drug-likeness (QED) is 0.761. The highest BCUT2D eigenvalue weighted by molar-refractivity contribution is 5.78. The molecule has 1 rings (SSSR count). The largest absolute Gasteiger partial charge is 0.480 e. The molecule has 0 aromatic heterocycles. The molecule has 0 saturated heterocycles. The van der Waals surface area contributed by atoms with Crippen LogP contribution in [0.1, 0.15) is 39.5 Å². The zero-order valence-corrected chi connectivity index (χ0v) is 10.6. The zero-order valence-electron chi connectivity index (χ0n) is 10.6. The van der Waals surface area contributed by atoms with Crippen molar-refractivity contribution in [2.45, 2.75) is 51.1 Å². The standard InChI is InChI=1S/C12H24N2O2/c1-9(2)8-14(3)10-5-4-6-12(13,7-10)11(15)16/h9-10H,4-8,13H2,1-3H3,(H,15,16). The van der Waals surface area contributed by atoms with E-state index in [2.05, 4.69) is 25.8 Å². The molecule has 3 N–H and O–H groups in total. The van der Waals surface area contributed by atoms with E-state index in [1.807, 2.05) is 0 Å². The maximum atomic E-state index is 11.1. The number of nitrogens with zero attached hydrogens (tertiary/aromatic N) is 1. The molecular formula is C12H24N2O2. The Bertz CT molecular complexity index is 255. The fraction of sp³-hybridized carbons (Fsp3) is 0.917. The van der Waals surface area contributed by atoms with Gasteiger partial charge >= 0.3 is 5.97 Å². The van der Waals surface area contributed by atoms with E-state index in [-0.39, 0.29) is 0 Å². The first-order valence-electron chi connectivity index (χ1n) is 6.07. The first-order chi connectivity index (χ1) is 7.35. The molecule has 0 aromatic carbocycles. The topological polar surface area (TPSA) is 66.6 Å². The van der Waals surface area contributed by atoms with E-state index in [9.17, 15) is 4.79 Å². The Balaban J connectivity index is 2.59. The molecule has 1 fully saturated rings. The van der Waals surface area contributed by atoms with E-state index < -0.39 is 11.5 Å². The first-order valence-corrected chi connectivity index (χ1v) is 6.07. The number of hydrogen-bond donors (Lipinski definition) is 2. The van der Waals surface area contributed by atoms with Gasteiger partial charge in [-0.25, -0.2) is 0 Å². The molecule has 2 atom stereocenters. The van der Waals surface area contributed by atoms with Gasteiger partial charge in [0.25, 0.3) is 0 Å². The van der Waals surface area contributed by atoms with Crippen molar-refractivity contribution >= 4 is 5.97 Å². The fourth-order valence-corrected chi connectivity index (χ4v) is 2.57. The summed E-state index contributed by atoms with van der Waals surface area (Å²) in [6, 6.07) is 0.317. The normalized spacial score (nSPS) is 31.0. The lowest BCUT2D eigenvalue weighted by molar-refractivity contribution is -0.145. The molecule has 0 bridgehead atoms. The molecule has 1 saturated carbocycles. The lowest BCUT2D eigenvalue weighted by Gasteiger charge is -2.39. The first kappa shape index (κ1) is 13.5. The summed E-state index contributed by atoms with van der Waals surface area (Å²) in [4.78, 5) is 13.4. The molecule has 0 aromatic rings. The number of rotatable bonds is 4. The Morgan fingerprint density at radius 2 is 2.25 bits per heavy atom. The van der Waals surface area contributed by atoms with E-state index in [0.717, 1.165) is 19.4 Å². The van der Waals surface area contributed by atoms with Crippen LogP contribution >= 0.6 is 0 Å². The lowest BCUT2D eigenvalue weighted by atomic mass is 9.79. The molecule has 0 spiro atoms. The number of hydrogen-bond acceptors (Lipinski definition) is 3. The van der Waals surface area contributed by atoms with Gasteiger partial charge in [-0.3, -0.25) is 4.79 Å². The summed E-state index contributed by atoms with van der Waals surface area (Å²) in [6.45, 7) is 5.35. The molecule has 1 aliphatic carbocycles. The van der Waals surface area contributed by atoms with Crippen LogP contribution in [0.5, 0.6) is 0 Å². The van der Waals surface area contributed by atoms with E-state index >= 15 is 0 Å². The van der Waals surface area contributed by atoms with Gasteiger partial charge in [-0.1, -0.05) is 13.8 Å². The highest BCUT2D eigenvalue weighted by atomic mass is 16.4. The third kappa shape index (κ3) is 3.19. The van der Waals surface area contributed by atoms with Gasteiger partial charge in [0.2, 0.25) is 0 Å². The Morgan fingerprint density at radius 1 is 1.62 bits per heavy atom. The van der Waals surface area contributed by atoms with Crippen LogP contribution in [-0.4, -0.2) is 41.1 Å². The highest BCUT2D eigenvalue weighted by Crippen LogP contribution is 2.29. The van der Waals surface area contributed by atoms with E-state index in [4.69, 9.17) is 10.8 Å². The van der Waals surface area contributed by atoms with Crippen molar-refractivity contribution in [2.24, 2.45) is 11.7 Å². The second kappa shape index (κ2) is 5.15. The summed E-state index contributed by atoms with van der Waals surface area (Å²) in [5.41, 5.74) is 4.93. The Morgan fingerprint density at radius 3 is 2.75 bits per heavy atom. The van der Waals surface area contributed by atoms with Crippen molar-refractivity contribution in [1.82, 2.24) is 4.90 Å². The highest BCUT2D eigenvalue weighted by Gasteiger charge is 2.40. The van der Waals surface area contributed by atoms with Gasteiger partial charge in [0, 0.05) is 12.6 Å². The molecule has 4 heteroatoms. The molecule has 16 heavy (non-hydrogen) atoms. The number of aliphatic carboxylic acids is 1. The van der Waals surface area contributed by atoms with Crippen LogP contribution in [0.2, 0.25) is 0 Å².